The number of hydrogen-bond donors (Lipinski definition) is 1. The summed E-state index contributed by atoms with van der Waals surface area (Å²) >= 11 is 0. The van der Waals surface area contributed by atoms with E-state index in [-0.39, 0.29) is 23.3 Å². The first kappa shape index (κ1) is 19.4. The van der Waals surface area contributed by atoms with Gasteiger partial charge in [-0.3, -0.25) is 4.98 Å². The second-order valence-corrected chi connectivity index (χ2v) is 8.29. The molecule has 1 N–H and O–H groups in total. The Labute approximate surface area is 188 Å². The van der Waals surface area contributed by atoms with Crippen LogP contribution in [0.15, 0.2) is 48.9 Å². The van der Waals surface area contributed by atoms with Gasteiger partial charge in [-0.1, -0.05) is 36.3 Å². The van der Waals surface area contributed by atoms with Crippen molar-refractivity contribution < 1.29 is 14.3 Å². The highest BCUT2D eigenvalue weighted by molar-refractivity contribution is 6.01. The zero-order chi connectivity index (χ0) is 22.7. The number of anilines is 1. The summed E-state index contributed by atoms with van der Waals surface area (Å²) in [5.41, 5.74) is 1.64. The average molecular weight is 439 g/mol. The summed E-state index contributed by atoms with van der Waals surface area (Å²) in [6, 6.07) is 11.2. The fourth-order valence-corrected chi connectivity index (χ4v) is 5.15. The van der Waals surface area contributed by atoms with Crippen LogP contribution in [-0.4, -0.2) is 56.2 Å². The van der Waals surface area contributed by atoms with E-state index in [9.17, 15) is 9.90 Å². The van der Waals surface area contributed by atoms with Crippen molar-refractivity contribution in [1.82, 2.24) is 19.9 Å². The highest BCUT2D eigenvalue weighted by Gasteiger charge is 2.49. The fraction of sp³-hybridized carbons (Fsp3) is 0.200. The van der Waals surface area contributed by atoms with Gasteiger partial charge in [0.2, 0.25) is 0 Å². The number of rotatable bonds is 2. The molecule has 33 heavy (non-hydrogen) atoms. The van der Waals surface area contributed by atoms with Crippen molar-refractivity contribution >= 4 is 33.6 Å². The topological polar surface area (TPSA) is 82.5 Å². The van der Waals surface area contributed by atoms with Gasteiger partial charge in [-0.05, 0) is 17.9 Å². The highest BCUT2D eigenvalue weighted by Crippen LogP contribution is 2.40. The van der Waals surface area contributed by atoms with E-state index >= 15 is 4.39 Å². The average Bonchev–Trinajstić information content (AvgIpc) is 3.15. The van der Waals surface area contributed by atoms with Crippen LogP contribution in [0.3, 0.4) is 0 Å². The van der Waals surface area contributed by atoms with Gasteiger partial charge < -0.3 is 14.9 Å². The molecule has 0 spiro atoms. The number of halogens is 1. The van der Waals surface area contributed by atoms with E-state index in [1.807, 2.05) is 41.3 Å². The van der Waals surface area contributed by atoms with Crippen molar-refractivity contribution in [2.75, 3.05) is 18.0 Å². The first-order valence-corrected chi connectivity index (χ1v) is 10.6. The van der Waals surface area contributed by atoms with E-state index in [1.165, 1.54) is 11.2 Å². The van der Waals surface area contributed by atoms with Crippen LogP contribution in [0.1, 0.15) is 12.0 Å². The minimum atomic E-state index is -0.909. The van der Waals surface area contributed by atoms with Gasteiger partial charge in [0.1, 0.15) is 23.4 Å². The molecule has 7 nitrogen and oxygen atoms in total. The molecule has 2 aliphatic rings. The maximum atomic E-state index is 15.8. The van der Waals surface area contributed by atoms with Gasteiger partial charge in [0.05, 0.1) is 17.5 Å². The summed E-state index contributed by atoms with van der Waals surface area (Å²) < 4.78 is 15.8. The van der Waals surface area contributed by atoms with Crippen LogP contribution in [0.5, 0.6) is 0 Å². The standard InChI is InChI=1S/C25H18FN5O2/c1-2-14-5-3-6-15-7-4-8-16(20(14)15)22-21(26)23-17(11-27-22)24(29-13-28-23)31-12-19-18(31)9-10-30(19)25(32)33/h1,3-8,11,13,18-19H,9-10,12H2,(H,32,33). The van der Waals surface area contributed by atoms with Crippen LogP contribution >= 0.6 is 0 Å². The minimum absolute atomic E-state index is 0.0261. The number of pyridine rings is 1. The van der Waals surface area contributed by atoms with Crippen molar-refractivity contribution in [3.8, 4) is 23.6 Å². The molecule has 2 fully saturated rings. The second-order valence-electron chi connectivity index (χ2n) is 8.29. The Kier molecular flexibility index (Phi) is 4.20. The predicted molar refractivity (Wildman–Crippen MR) is 122 cm³/mol. The second kappa shape index (κ2) is 7.14. The Bertz CT molecular complexity index is 1490. The van der Waals surface area contributed by atoms with Crippen molar-refractivity contribution in [2.45, 2.75) is 18.5 Å². The molecule has 2 atom stereocenters. The number of hydrogen-bond acceptors (Lipinski definition) is 5. The first-order chi connectivity index (χ1) is 16.1. The molecule has 0 bridgehead atoms. The van der Waals surface area contributed by atoms with Crippen LogP contribution in [-0.2, 0) is 0 Å². The van der Waals surface area contributed by atoms with E-state index in [0.717, 1.165) is 10.8 Å². The lowest BCUT2D eigenvalue weighted by Crippen LogP contribution is -2.63. The molecule has 4 aromatic rings. The summed E-state index contributed by atoms with van der Waals surface area (Å²) in [5, 5.41) is 11.5. The molecule has 0 saturated carbocycles. The molecule has 8 heteroatoms. The molecular weight excluding hydrogens is 421 g/mol. The van der Waals surface area contributed by atoms with Crippen molar-refractivity contribution in [3.63, 3.8) is 0 Å². The third-order valence-electron chi connectivity index (χ3n) is 6.73. The predicted octanol–water partition coefficient (Wildman–Crippen LogP) is 3.91. The van der Waals surface area contributed by atoms with E-state index in [1.54, 1.807) is 6.20 Å². The van der Waals surface area contributed by atoms with Gasteiger partial charge >= 0.3 is 6.09 Å². The van der Waals surface area contributed by atoms with Gasteiger partial charge in [-0.15, -0.1) is 6.42 Å². The normalized spacial score (nSPS) is 19.4. The summed E-state index contributed by atoms with van der Waals surface area (Å²) in [6.45, 7) is 1.00. The highest BCUT2D eigenvalue weighted by atomic mass is 19.1. The van der Waals surface area contributed by atoms with Crippen molar-refractivity contribution in [2.24, 2.45) is 0 Å². The monoisotopic (exact) mass is 439 g/mol. The number of carboxylic acid groups (broad SMARTS) is 1. The fourth-order valence-electron chi connectivity index (χ4n) is 5.15. The van der Waals surface area contributed by atoms with Crippen LogP contribution in [0.2, 0.25) is 0 Å². The zero-order valence-electron chi connectivity index (χ0n) is 17.4. The smallest absolute Gasteiger partial charge is 0.407 e. The lowest BCUT2D eigenvalue weighted by atomic mass is 9.95. The molecule has 2 aromatic heterocycles. The van der Waals surface area contributed by atoms with E-state index in [4.69, 9.17) is 6.42 Å². The molecule has 1 amide bonds. The summed E-state index contributed by atoms with van der Waals surface area (Å²) in [5.74, 6) is 2.72. The number of terminal acetylenes is 1. The van der Waals surface area contributed by atoms with Gasteiger partial charge in [0, 0.05) is 35.8 Å². The van der Waals surface area contributed by atoms with Crippen LogP contribution in [0.25, 0.3) is 32.9 Å². The summed E-state index contributed by atoms with van der Waals surface area (Å²) in [7, 11) is 0. The Hall–Kier alpha value is -4.25. The lowest BCUT2D eigenvalue weighted by Gasteiger charge is -2.47. The van der Waals surface area contributed by atoms with Crippen LogP contribution < -0.4 is 4.90 Å². The van der Waals surface area contributed by atoms with Gasteiger partial charge in [-0.2, -0.15) is 0 Å². The molecule has 0 aliphatic carbocycles. The van der Waals surface area contributed by atoms with E-state index < -0.39 is 11.9 Å². The summed E-state index contributed by atoms with van der Waals surface area (Å²) in [6.07, 6.45) is 8.45. The number of fused-ring (bicyclic) bond motifs is 3. The third-order valence-corrected chi connectivity index (χ3v) is 6.73. The van der Waals surface area contributed by atoms with Crippen molar-refractivity contribution in [3.05, 3.63) is 60.3 Å². The molecule has 2 aliphatic heterocycles. The van der Waals surface area contributed by atoms with Gasteiger partial charge in [0.15, 0.2) is 5.82 Å². The van der Waals surface area contributed by atoms with E-state index in [2.05, 4.69) is 20.9 Å². The van der Waals surface area contributed by atoms with Crippen LogP contribution in [0, 0.1) is 18.2 Å². The van der Waals surface area contributed by atoms with Crippen LogP contribution in [0.4, 0.5) is 15.0 Å². The maximum absolute atomic E-state index is 15.8. The molecule has 2 unspecified atom stereocenters. The lowest BCUT2D eigenvalue weighted by molar-refractivity contribution is 0.129. The third kappa shape index (κ3) is 2.75. The minimum Gasteiger partial charge on any atom is -0.465 e. The maximum Gasteiger partial charge on any atom is 0.407 e. The molecular formula is C25H18FN5O2. The molecule has 162 valence electrons. The van der Waals surface area contributed by atoms with Gasteiger partial charge in [-0.25, -0.2) is 19.2 Å². The number of nitrogens with zero attached hydrogens (tertiary/aromatic N) is 5. The molecule has 6 rings (SSSR count). The zero-order valence-corrected chi connectivity index (χ0v) is 17.4. The number of carbonyl (C=O) groups is 1. The number of aromatic nitrogens is 3. The number of likely N-dealkylation sites (tertiary alicyclic amines) is 1. The summed E-state index contributed by atoms with van der Waals surface area (Å²) in [4.78, 5) is 28.0. The quantitative estimate of drug-likeness (QED) is 0.477. The molecule has 2 saturated heterocycles. The first-order valence-electron chi connectivity index (χ1n) is 10.6. The van der Waals surface area contributed by atoms with Crippen molar-refractivity contribution in [1.29, 1.82) is 0 Å². The molecule has 4 heterocycles. The Morgan fingerprint density at radius 1 is 1.15 bits per heavy atom. The Morgan fingerprint density at radius 2 is 1.97 bits per heavy atom. The Balaban J connectivity index is 1.47. The number of benzene rings is 2. The van der Waals surface area contributed by atoms with E-state index in [0.29, 0.717) is 41.8 Å². The SMILES string of the molecule is C#Cc1cccc2cccc(-c3ncc4c(N5CC6C5CCN6C(=O)O)ncnc4c3F)c12. The molecule has 2 aromatic carbocycles. The molecule has 0 radical (unpaired) electrons. The Morgan fingerprint density at radius 3 is 2.76 bits per heavy atom. The largest absolute Gasteiger partial charge is 0.465 e. The van der Waals surface area contributed by atoms with Gasteiger partial charge in [0.25, 0.3) is 0 Å². The number of amides is 1.